The second-order valence-electron chi connectivity index (χ2n) is 9.69. The molecule has 6 rings (SSSR count). The van der Waals surface area contributed by atoms with E-state index in [1.54, 1.807) is 54.4 Å². The Hall–Kier alpha value is -3.93. The molecule has 4 heterocycles. The summed E-state index contributed by atoms with van der Waals surface area (Å²) in [7, 11) is -2.23. The molecular formula is C28H25N5O4S2. The van der Waals surface area contributed by atoms with Crippen LogP contribution in [0.25, 0.3) is 33.0 Å². The number of carbonyl (C=O) groups is 1. The van der Waals surface area contributed by atoms with Crippen molar-refractivity contribution in [3.8, 4) is 21.8 Å². The number of likely N-dealkylation sites (N-methyl/N-ethyl adjacent to an activating group) is 1. The standard InChI is InChI=1S/C28H25N5O4S2/c1-18-7-9-21(10-8-18)39(36,37)33-16-22(24-25(33)30-13-12-29-24)26-31-23(17-38-26)19-5-3-6-20(15-19)28(35)11-4-14-32(2)27(28)34/h3,5-10,12-13,15-17,35H,4,11,14H2,1-2H3/t28-/m0/s1. The van der Waals surface area contributed by atoms with Crippen molar-refractivity contribution in [2.24, 2.45) is 0 Å². The highest BCUT2D eigenvalue weighted by Crippen LogP contribution is 2.37. The number of aromatic nitrogens is 4. The highest BCUT2D eigenvalue weighted by atomic mass is 32.2. The normalized spacial score (nSPS) is 18.1. The Bertz CT molecular complexity index is 1830. The first-order chi connectivity index (χ1) is 18.7. The van der Waals surface area contributed by atoms with Gasteiger partial charge in [0.15, 0.2) is 11.2 Å². The topological polar surface area (TPSA) is 118 Å². The number of amides is 1. The monoisotopic (exact) mass is 559 g/mol. The van der Waals surface area contributed by atoms with E-state index in [0.29, 0.717) is 46.7 Å². The van der Waals surface area contributed by atoms with E-state index in [0.717, 1.165) is 15.1 Å². The first-order valence-corrected chi connectivity index (χ1v) is 14.7. The Kier molecular flexibility index (Phi) is 6.09. The maximum Gasteiger partial charge on any atom is 0.269 e. The third-order valence-corrected chi connectivity index (χ3v) is 9.61. The zero-order valence-electron chi connectivity index (χ0n) is 21.3. The smallest absolute Gasteiger partial charge is 0.269 e. The lowest BCUT2D eigenvalue weighted by Gasteiger charge is -2.36. The Morgan fingerprint density at radius 3 is 2.64 bits per heavy atom. The van der Waals surface area contributed by atoms with Gasteiger partial charge < -0.3 is 10.0 Å². The summed E-state index contributed by atoms with van der Waals surface area (Å²) < 4.78 is 28.2. The van der Waals surface area contributed by atoms with Crippen LogP contribution in [0.2, 0.25) is 0 Å². The van der Waals surface area contributed by atoms with Gasteiger partial charge in [-0.1, -0.05) is 35.9 Å². The van der Waals surface area contributed by atoms with Crippen molar-refractivity contribution in [1.82, 2.24) is 23.8 Å². The van der Waals surface area contributed by atoms with Crippen molar-refractivity contribution in [1.29, 1.82) is 0 Å². The second kappa shape index (κ2) is 9.37. The molecule has 1 amide bonds. The largest absolute Gasteiger partial charge is 0.375 e. The highest BCUT2D eigenvalue weighted by Gasteiger charge is 2.42. The SMILES string of the molecule is Cc1ccc(S(=O)(=O)n2cc(-c3nc(-c4cccc([C@@]5(O)CCCN(C)C5=O)c4)cs3)c3nccnc32)cc1. The number of aliphatic hydroxyl groups is 1. The number of carbonyl (C=O) groups excluding carboxylic acids is 1. The molecule has 198 valence electrons. The first-order valence-electron chi connectivity index (χ1n) is 12.4. The van der Waals surface area contributed by atoms with Crippen LogP contribution in [0.15, 0.2) is 77.4 Å². The fraction of sp³-hybridized carbons (Fsp3) is 0.214. The van der Waals surface area contributed by atoms with Crippen LogP contribution in [0.3, 0.4) is 0 Å². The van der Waals surface area contributed by atoms with E-state index < -0.39 is 15.6 Å². The van der Waals surface area contributed by atoms with E-state index in [-0.39, 0.29) is 16.4 Å². The van der Waals surface area contributed by atoms with E-state index >= 15 is 0 Å². The molecule has 0 bridgehead atoms. The molecule has 0 unspecified atom stereocenters. The quantitative estimate of drug-likeness (QED) is 0.343. The molecule has 5 aromatic rings. The van der Waals surface area contributed by atoms with Crippen LogP contribution in [0.1, 0.15) is 24.0 Å². The van der Waals surface area contributed by atoms with E-state index in [1.165, 1.54) is 29.9 Å². The number of fused-ring (bicyclic) bond motifs is 1. The van der Waals surface area contributed by atoms with Crippen molar-refractivity contribution in [3.05, 3.63) is 83.6 Å². The number of rotatable bonds is 5. The molecule has 1 aliphatic rings. The lowest BCUT2D eigenvalue weighted by atomic mass is 9.84. The van der Waals surface area contributed by atoms with Crippen LogP contribution in [-0.4, -0.2) is 56.8 Å². The molecule has 1 N–H and O–H groups in total. The Labute approximate surface area is 229 Å². The third kappa shape index (κ3) is 4.22. The molecule has 0 spiro atoms. The van der Waals surface area contributed by atoms with Crippen LogP contribution in [0, 0.1) is 6.92 Å². The van der Waals surface area contributed by atoms with Crippen LogP contribution >= 0.6 is 11.3 Å². The van der Waals surface area contributed by atoms with Gasteiger partial charge in [-0.15, -0.1) is 11.3 Å². The van der Waals surface area contributed by atoms with Crippen LogP contribution in [-0.2, 0) is 20.4 Å². The van der Waals surface area contributed by atoms with E-state index in [9.17, 15) is 18.3 Å². The van der Waals surface area contributed by atoms with Crippen LogP contribution in [0.5, 0.6) is 0 Å². The van der Waals surface area contributed by atoms with Gasteiger partial charge >= 0.3 is 0 Å². The molecule has 1 saturated heterocycles. The summed E-state index contributed by atoms with van der Waals surface area (Å²) in [6, 6.07) is 13.9. The minimum atomic E-state index is -3.92. The molecule has 3 aromatic heterocycles. The van der Waals surface area contributed by atoms with E-state index in [4.69, 9.17) is 4.98 Å². The summed E-state index contributed by atoms with van der Waals surface area (Å²) in [4.78, 5) is 28.1. The van der Waals surface area contributed by atoms with Gasteiger partial charge in [-0.05, 0) is 43.5 Å². The zero-order chi connectivity index (χ0) is 27.4. The molecule has 11 heteroatoms. The average molecular weight is 560 g/mol. The number of hydrogen-bond donors (Lipinski definition) is 1. The minimum absolute atomic E-state index is 0.152. The molecule has 9 nitrogen and oxygen atoms in total. The summed E-state index contributed by atoms with van der Waals surface area (Å²) >= 11 is 1.35. The summed E-state index contributed by atoms with van der Waals surface area (Å²) in [5, 5.41) is 13.7. The minimum Gasteiger partial charge on any atom is -0.375 e. The maximum atomic E-state index is 13.5. The van der Waals surface area contributed by atoms with Gasteiger partial charge in [-0.25, -0.2) is 22.4 Å². The number of benzene rings is 2. The summed E-state index contributed by atoms with van der Waals surface area (Å²) in [5.74, 6) is -0.314. The van der Waals surface area contributed by atoms with Gasteiger partial charge in [0.05, 0.1) is 16.2 Å². The number of likely N-dealkylation sites (tertiary alicyclic amines) is 1. The molecule has 0 aliphatic carbocycles. The van der Waals surface area contributed by atoms with Gasteiger partial charge in [0.25, 0.3) is 15.9 Å². The number of hydrogen-bond acceptors (Lipinski definition) is 8. The fourth-order valence-corrected chi connectivity index (χ4v) is 7.07. The zero-order valence-corrected chi connectivity index (χ0v) is 22.9. The molecule has 1 atom stereocenters. The lowest BCUT2D eigenvalue weighted by Crippen LogP contribution is -2.49. The predicted molar refractivity (Wildman–Crippen MR) is 149 cm³/mol. The van der Waals surface area contributed by atoms with E-state index in [1.807, 2.05) is 18.4 Å². The van der Waals surface area contributed by atoms with Gasteiger partial charge in [0.2, 0.25) is 0 Å². The molecule has 0 saturated carbocycles. The van der Waals surface area contributed by atoms with Gasteiger partial charge in [0, 0.05) is 43.1 Å². The van der Waals surface area contributed by atoms with E-state index in [2.05, 4.69) is 9.97 Å². The number of nitrogens with zero attached hydrogens (tertiary/aromatic N) is 5. The molecule has 1 aliphatic heterocycles. The van der Waals surface area contributed by atoms with Crippen molar-refractivity contribution in [2.45, 2.75) is 30.3 Å². The second-order valence-corrected chi connectivity index (χ2v) is 12.4. The fourth-order valence-electron chi connectivity index (χ4n) is 4.91. The maximum absolute atomic E-state index is 13.5. The van der Waals surface area contributed by atoms with Crippen molar-refractivity contribution >= 4 is 38.4 Å². The molecular weight excluding hydrogens is 534 g/mol. The third-order valence-electron chi connectivity index (χ3n) is 7.07. The molecule has 0 radical (unpaired) electrons. The van der Waals surface area contributed by atoms with Crippen molar-refractivity contribution < 1.29 is 18.3 Å². The highest BCUT2D eigenvalue weighted by molar-refractivity contribution is 7.90. The Balaban J connectivity index is 1.41. The number of piperidine rings is 1. The first kappa shape index (κ1) is 25.4. The van der Waals surface area contributed by atoms with Gasteiger partial charge in [-0.2, -0.15) is 0 Å². The predicted octanol–water partition coefficient (Wildman–Crippen LogP) is 4.21. The lowest BCUT2D eigenvalue weighted by molar-refractivity contribution is -0.156. The Morgan fingerprint density at radius 2 is 1.85 bits per heavy atom. The summed E-state index contributed by atoms with van der Waals surface area (Å²) in [5.41, 5.74) is 2.48. The average Bonchev–Trinajstić information content (AvgIpc) is 3.58. The number of aryl methyl sites for hydroxylation is 1. The number of thiazole rings is 1. The molecule has 39 heavy (non-hydrogen) atoms. The van der Waals surface area contributed by atoms with Crippen molar-refractivity contribution in [3.63, 3.8) is 0 Å². The summed E-state index contributed by atoms with van der Waals surface area (Å²) in [6.07, 6.45) is 5.56. The van der Waals surface area contributed by atoms with Crippen LogP contribution in [0.4, 0.5) is 0 Å². The molecule has 2 aromatic carbocycles. The molecule has 1 fully saturated rings. The summed E-state index contributed by atoms with van der Waals surface area (Å²) in [6.45, 7) is 2.51. The van der Waals surface area contributed by atoms with Crippen LogP contribution < -0.4 is 0 Å². The van der Waals surface area contributed by atoms with Gasteiger partial charge in [0.1, 0.15) is 10.5 Å². The van der Waals surface area contributed by atoms with Crippen molar-refractivity contribution in [2.75, 3.05) is 13.6 Å². The van der Waals surface area contributed by atoms with Gasteiger partial charge in [-0.3, -0.25) is 9.78 Å². The Morgan fingerprint density at radius 1 is 1.08 bits per heavy atom.